The van der Waals surface area contributed by atoms with Gasteiger partial charge in [-0.1, -0.05) is 185 Å². The monoisotopic (exact) mass is 1180 g/mol. The number of aliphatic carboxylic acids is 2. The molecule has 0 aromatic heterocycles. The number of rotatable bonds is 22. The van der Waals surface area contributed by atoms with Crippen molar-refractivity contribution in [2.75, 3.05) is 0 Å². The Morgan fingerprint density at radius 1 is 0.633 bits per heavy atom. The van der Waals surface area contributed by atoms with Crippen LogP contribution >= 0.6 is 45.2 Å². The largest absolute Gasteiger partial charge is 1.00 e. The van der Waals surface area contributed by atoms with Gasteiger partial charge in [0.1, 0.15) is 14.2 Å². The van der Waals surface area contributed by atoms with Crippen molar-refractivity contribution in [2.45, 2.75) is 150 Å². The van der Waals surface area contributed by atoms with Crippen molar-refractivity contribution in [1.29, 1.82) is 0 Å². The molecular weight excluding hydrogens is 1100 g/mol. The van der Waals surface area contributed by atoms with E-state index < -0.39 is 32.2 Å². The number of allylic oxidation sites excluding steroid dienone is 11. The minimum atomic E-state index is -1.14. The van der Waals surface area contributed by atoms with Crippen molar-refractivity contribution in [3.05, 3.63) is 108 Å². The number of terminal acetylenes is 1. The first kappa shape index (κ1) is 82.3. The third-order valence-electron chi connectivity index (χ3n) is 6.17. The molecule has 13 heteroatoms. The van der Waals surface area contributed by atoms with Crippen molar-refractivity contribution in [1.82, 2.24) is 0 Å². The summed E-state index contributed by atoms with van der Waals surface area (Å²) < 4.78 is 3.86. The minimum absolute atomic E-state index is 0. The van der Waals surface area contributed by atoms with Crippen LogP contribution in [0.4, 0.5) is 0 Å². The van der Waals surface area contributed by atoms with Gasteiger partial charge in [-0.05, 0) is 66.0 Å². The van der Waals surface area contributed by atoms with E-state index in [1.807, 2.05) is 52.4 Å². The van der Waals surface area contributed by atoms with E-state index in [0.717, 1.165) is 38.5 Å². The van der Waals surface area contributed by atoms with Crippen LogP contribution in [0.25, 0.3) is 0 Å². The molecule has 0 rings (SSSR count). The summed E-state index contributed by atoms with van der Waals surface area (Å²) in [7, 11) is -1.14. The van der Waals surface area contributed by atoms with E-state index in [4.69, 9.17) is 26.8 Å². The number of hydrogen-bond acceptors (Lipinski definition) is 6. The second-order valence-corrected chi connectivity index (χ2v) is 18.7. The first-order valence-corrected chi connectivity index (χ1v) is 24.2. The summed E-state index contributed by atoms with van der Waals surface area (Å²) in [5, 5.41) is 53.1. The van der Waals surface area contributed by atoms with Crippen LogP contribution in [0.3, 0.4) is 0 Å². The first-order valence-electron chi connectivity index (χ1n) is 18.2. The molecule has 6 N–H and O–H groups in total. The van der Waals surface area contributed by atoms with E-state index in [9.17, 15) is 19.8 Å². The predicted octanol–water partition coefficient (Wildman–Crippen LogP) is 12.2. The Labute approximate surface area is 417 Å². The van der Waals surface area contributed by atoms with Crippen LogP contribution in [0, 0.1) is 38.7 Å². The number of halogens is 2. The van der Waals surface area contributed by atoms with E-state index in [0.29, 0.717) is 25.7 Å². The van der Waals surface area contributed by atoms with Gasteiger partial charge in [0.15, 0.2) is 0 Å². The van der Waals surface area contributed by atoms with Crippen LogP contribution < -0.4 is 0 Å². The second kappa shape index (κ2) is 64.2. The summed E-state index contributed by atoms with van der Waals surface area (Å²) in [5.74, 6) is 3.61. The summed E-state index contributed by atoms with van der Waals surface area (Å²) in [6, 6.07) is 0. The van der Waals surface area contributed by atoms with Crippen LogP contribution in [0.1, 0.15) is 106 Å². The smallest absolute Gasteiger partial charge is 0.481 e. The van der Waals surface area contributed by atoms with Crippen molar-refractivity contribution in [3.63, 3.8) is 0 Å². The topological polar surface area (TPSA) is 156 Å². The molecule has 8 nitrogen and oxygen atoms in total. The fraction of sp³-hybridized carbons (Fsp3) is 0.489. The van der Waals surface area contributed by atoms with Crippen LogP contribution in [0.5, 0.6) is 0 Å². The number of aliphatic hydroxyl groups excluding tert-OH is 4. The van der Waals surface area contributed by atoms with E-state index in [1.165, 1.54) is 0 Å². The number of hydrogen-bond donors (Lipinski definition) is 6. The Hall–Kier alpha value is -1.46. The maximum absolute atomic E-state index is 10.3. The molecule has 0 aliphatic carbocycles. The third-order valence-corrected chi connectivity index (χ3v) is 8.02. The average Bonchev–Trinajstić information content (AvgIpc) is 3.11. The van der Waals surface area contributed by atoms with Gasteiger partial charge in [-0.15, -0.1) is 17.9 Å². The fourth-order valence-electron chi connectivity index (χ4n) is 3.18. The zero-order valence-electron chi connectivity index (χ0n) is 35.5. The van der Waals surface area contributed by atoms with Gasteiger partial charge in [-0.25, -0.2) is 0 Å². The second-order valence-electron chi connectivity index (χ2n) is 12.5. The number of carboxylic acids is 2. The van der Waals surface area contributed by atoms with Gasteiger partial charge < -0.3 is 45.5 Å². The summed E-state index contributed by atoms with van der Waals surface area (Å²) in [6.07, 6.45) is 37.1. The van der Waals surface area contributed by atoms with Crippen LogP contribution in [-0.4, -0.2) is 75.1 Å². The molecular formula is C47H80Cu2I2O8Si. The molecule has 0 unspecified atom stereocenters. The summed E-state index contributed by atoms with van der Waals surface area (Å²) in [5.41, 5.74) is 3.33. The zero-order chi connectivity index (χ0) is 41.9. The van der Waals surface area contributed by atoms with E-state index in [1.54, 1.807) is 24.3 Å². The predicted molar refractivity (Wildman–Crippen MR) is 273 cm³/mol. The van der Waals surface area contributed by atoms with Crippen LogP contribution in [-0.2, 0) is 43.7 Å². The Kier molecular flexibility index (Phi) is 88.0. The van der Waals surface area contributed by atoms with Gasteiger partial charge in [-0.2, -0.15) is 0 Å². The van der Waals surface area contributed by atoms with Gasteiger partial charge >= 0.3 is 46.1 Å². The molecule has 0 aliphatic heterocycles. The Morgan fingerprint density at radius 2 is 1.05 bits per heavy atom. The van der Waals surface area contributed by atoms with Crippen molar-refractivity contribution < 1.29 is 74.4 Å². The molecule has 4 atom stereocenters. The number of carbonyl (C=O) groups is 2. The van der Waals surface area contributed by atoms with Crippen LogP contribution in [0.15, 0.2) is 93.2 Å². The third kappa shape index (κ3) is 87.9. The molecule has 0 heterocycles. The Morgan fingerprint density at radius 3 is 1.43 bits per heavy atom. The van der Waals surface area contributed by atoms with Crippen molar-refractivity contribution in [2.24, 2.45) is 0 Å². The number of aliphatic hydroxyl groups is 4. The molecule has 0 bridgehead atoms. The minimum Gasteiger partial charge on any atom is -0.481 e. The summed E-state index contributed by atoms with van der Waals surface area (Å²) >= 11 is 4.31. The molecule has 0 aromatic rings. The molecule has 356 valence electrons. The first-order chi connectivity index (χ1) is 25.6. The molecule has 0 amide bonds. The molecule has 0 saturated carbocycles. The van der Waals surface area contributed by atoms with Gasteiger partial charge in [0.2, 0.25) is 0 Å². The van der Waals surface area contributed by atoms with Crippen molar-refractivity contribution >= 4 is 65.2 Å². The van der Waals surface area contributed by atoms with Crippen molar-refractivity contribution in [3.8, 4) is 23.8 Å². The Bertz CT molecular complexity index is 1270. The normalized spacial score (nSPS) is 12.6. The standard InChI is InChI=1S/C20H30O4.C11H17ISi.C7H10O3.C5H9IO.2CH4.2CH3.2Cu/c1-2-18(21)14-11-9-7-5-3-4-6-8-10-12-15-19(22)16-13-17-20(23)24;1-13(2,3)11-9-7-5-4-6-8-10-12;1-2-6(8)4-3-5-7(9)10;1-2-5(7)3-4-6;;;;;;/h3-4,7-12,14-15,18-19,21-22H,2,5-6,13,16-17H2,1H3,(H,23,24);4-5,8,10H,6-7H2,1-3H3;1,6,8H,3-5H2,(H,9,10);3-5,7H,2H2,1H3;2*1H4;2*1H3;;/q;;;;;;2*-1;2*+1/b4-3-,9-7-,10-8+,14-11+,15-12-;5-4-,10-8+;;4-3+;;;;;;/t18-,19-;;6-;5-;;;;;;/m1.11....../s1. The van der Waals surface area contributed by atoms with E-state index in [2.05, 4.69) is 113 Å². The molecule has 60 heavy (non-hydrogen) atoms. The average molecular weight is 1180 g/mol. The van der Waals surface area contributed by atoms with Gasteiger partial charge in [0.25, 0.3) is 0 Å². The SMILES string of the molecule is C.C.C#C[C@@H](O)CCCC(=O)O.CC[C@@H](O)/C=C/C=C\C/C=C\C/C=C/C=C\[C@@H](O)CCCC(=O)O.CC[C@@H](O)/C=C/I.C[Si](C)(C)C#CC/C=C\C/C=C/I.[CH3-].[CH3-].[Cu+].[Cu+]. The Balaban J connectivity index is -0.0000000742. The van der Waals surface area contributed by atoms with Gasteiger partial charge in [0, 0.05) is 19.3 Å². The van der Waals surface area contributed by atoms with E-state index >= 15 is 0 Å². The molecule has 0 aromatic carbocycles. The fourth-order valence-corrected chi connectivity index (χ4v) is 4.58. The maximum Gasteiger partial charge on any atom is 1.00 e. The summed E-state index contributed by atoms with van der Waals surface area (Å²) in [6.45, 7) is 10.7. The summed E-state index contributed by atoms with van der Waals surface area (Å²) in [4.78, 5) is 20.3. The van der Waals surface area contributed by atoms with Gasteiger partial charge in [-0.3, -0.25) is 9.59 Å². The maximum atomic E-state index is 10.3. The molecule has 0 saturated heterocycles. The molecule has 0 fully saturated rings. The molecule has 0 radical (unpaired) electrons. The quantitative estimate of drug-likeness (QED) is 0.0156. The zero-order valence-corrected chi connectivity index (χ0v) is 42.7. The molecule has 0 aliphatic rings. The van der Waals surface area contributed by atoms with Crippen LogP contribution in [0.2, 0.25) is 19.6 Å². The number of carboxylic acid groups (broad SMARTS) is 2. The van der Waals surface area contributed by atoms with E-state index in [-0.39, 0.29) is 88.9 Å². The molecule has 0 spiro atoms. The van der Waals surface area contributed by atoms with Gasteiger partial charge in [0.05, 0.1) is 18.3 Å².